The van der Waals surface area contributed by atoms with Crippen LogP contribution in [0.15, 0.2) is 47.2 Å². The van der Waals surface area contributed by atoms with Crippen molar-refractivity contribution >= 4 is 16.9 Å². The van der Waals surface area contributed by atoms with Gasteiger partial charge in [-0.25, -0.2) is 4.98 Å². The number of imidazole rings is 1. The first-order valence-electron chi connectivity index (χ1n) is 8.61. The Morgan fingerprint density at radius 1 is 1.30 bits per heavy atom. The van der Waals surface area contributed by atoms with Crippen molar-refractivity contribution in [3.8, 4) is 0 Å². The minimum absolute atomic E-state index is 0.214. The normalized spacial score (nSPS) is 11.2. The SMILES string of the molecule is Cc1cnn(Cc2cc(C(=O)N(C)Cc3nc4ccccc4n3C)no2)c1. The Kier molecular flexibility index (Phi) is 4.23. The van der Waals surface area contributed by atoms with Gasteiger partial charge in [-0.2, -0.15) is 5.10 Å². The van der Waals surface area contributed by atoms with Crippen LogP contribution in [0.1, 0.15) is 27.6 Å². The summed E-state index contributed by atoms with van der Waals surface area (Å²) in [5, 5.41) is 8.12. The molecule has 8 heteroatoms. The third-order valence-corrected chi connectivity index (χ3v) is 4.46. The van der Waals surface area contributed by atoms with Crippen LogP contribution in [0.3, 0.4) is 0 Å². The summed E-state index contributed by atoms with van der Waals surface area (Å²) in [5.74, 6) is 1.18. The zero-order valence-corrected chi connectivity index (χ0v) is 15.5. The van der Waals surface area contributed by atoms with E-state index < -0.39 is 0 Å². The highest BCUT2D eigenvalue weighted by molar-refractivity contribution is 5.92. The Balaban J connectivity index is 1.48. The standard InChI is InChI=1S/C19H20N6O2/c1-13-9-20-25(10-13)11-14-8-16(22-27-14)19(26)23(2)12-18-21-15-6-4-5-7-17(15)24(18)3/h4-10H,11-12H2,1-3H3. The fourth-order valence-corrected chi connectivity index (χ4v) is 3.02. The summed E-state index contributed by atoms with van der Waals surface area (Å²) in [6.45, 7) is 2.78. The van der Waals surface area contributed by atoms with Gasteiger partial charge in [0.05, 0.1) is 23.8 Å². The molecule has 0 bridgehead atoms. The van der Waals surface area contributed by atoms with E-state index in [4.69, 9.17) is 4.52 Å². The van der Waals surface area contributed by atoms with E-state index in [-0.39, 0.29) is 11.6 Å². The molecule has 0 unspecified atom stereocenters. The van der Waals surface area contributed by atoms with Gasteiger partial charge in [0.2, 0.25) is 0 Å². The molecule has 1 amide bonds. The summed E-state index contributed by atoms with van der Waals surface area (Å²) in [7, 11) is 3.68. The molecule has 1 aromatic carbocycles. The molecule has 0 saturated heterocycles. The minimum atomic E-state index is -0.214. The molecule has 3 aromatic heterocycles. The average Bonchev–Trinajstić information content (AvgIpc) is 3.36. The van der Waals surface area contributed by atoms with Crippen LogP contribution in [0.2, 0.25) is 0 Å². The van der Waals surface area contributed by atoms with E-state index in [9.17, 15) is 4.79 Å². The molecule has 8 nitrogen and oxygen atoms in total. The molecular formula is C19H20N6O2. The monoisotopic (exact) mass is 364 g/mol. The van der Waals surface area contributed by atoms with E-state index in [1.165, 1.54) is 0 Å². The zero-order valence-electron chi connectivity index (χ0n) is 15.5. The number of carbonyl (C=O) groups is 1. The summed E-state index contributed by atoms with van der Waals surface area (Å²) >= 11 is 0. The molecule has 0 aliphatic carbocycles. The molecule has 0 radical (unpaired) electrons. The second-order valence-corrected chi connectivity index (χ2v) is 6.63. The van der Waals surface area contributed by atoms with Crippen molar-refractivity contribution < 1.29 is 9.32 Å². The molecule has 27 heavy (non-hydrogen) atoms. The van der Waals surface area contributed by atoms with Gasteiger partial charge in [0.15, 0.2) is 11.5 Å². The van der Waals surface area contributed by atoms with Gasteiger partial charge in [-0.3, -0.25) is 9.48 Å². The molecule has 4 aromatic rings. The lowest BCUT2D eigenvalue weighted by Crippen LogP contribution is -2.27. The summed E-state index contributed by atoms with van der Waals surface area (Å²) in [4.78, 5) is 18.9. The van der Waals surface area contributed by atoms with Gasteiger partial charge >= 0.3 is 0 Å². The number of aryl methyl sites for hydroxylation is 2. The van der Waals surface area contributed by atoms with Crippen molar-refractivity contribution in [3.63, 3.8) is 0 Å². The number of para-hydroxylation sites is 2. The number of nitrogens with zero attached hydrogens (tertiary/aromatic N) is 6. The molecule has 138 valence electrons. The first-order chi connectivity index (χ1) is 13.0. The van der Waals surface area contributed by atoms with Crippen molar-refractivity contribution in [1.82, 2.24) is 29.4 Å². The largest absolute Gasteiger partial charge is 0.359 e. The molecule has 0 aliphatic heterocycles. The number of fused-ring (bicyclic) bond motifs is 1. The van der Waals surface area contributed by atoms with Gasteiger partial charge < -0.3 is 14.0 Å². The Labute approximate surface area is 156 Å². The van der Waals surface area contributed by atoms with Crippen LogP contribution in [0, 0.1) is 6.92 Å². The maximum absolute atomic E-state index is 12.7. The van der Waals surface area contributed by atoms with Crippen LogP contribution < -0.4 is 0 Å². The summed E-state index contributed by atoms with van der Waals surface area (Å²) < 4.78 is 9.03. The number of hydrogen-bond donors (Lipinski definition) is 0. The highest BCUT2D eigenvalue weighted by Gasteiger charge is 2.19. The minimum Gasteiger partial charge on any atom is -0.359 e. The molecule has 0 fully saturated rings. The molecule has 0 atom stereocenters. The molecule has 3 heterocycles. The van der Waals surface area contributed by atoms with Gasteiger partial charge in [0, 0.05) is 26.4 Å². The summed E-state index contributed by atoms with van der Waals surface area (Å²) in [6.07, 6.45) is 3.68. The van der Waals surface area contributed by atoms with Crippen LogP contribution in [0.25, 0.3) is 11.0 Å². The van der Waals surface area contributed by atoms with E-state index in [0.717, 1.165) is 22.4 Å². The number of amides is 1. The zero-order chi connectivity index (χ0) is 19.0. The first-order valence-corrected chi connectivity index (χ1v) is 8.61. The van der Waals surface area contributed by atoms with Crippen LogP contribution in [-0.4, -0.2) is 42.3 Å². The van der Waals surface area contributed by atoms with Crippen molar-refractivity contribution in [2.45, 2.75) is 20.0 Å². The van der Waals surface area contributed by atoms with Crippen molar-refractivity contribution in [2.75, 3.05) is 7.05 Å². The topological polar surface area (TPSA) is 82.0 Å². The number of rotatable bonds is 5. The second-order valence-electron chi connectivity index (χ2n) is 6.63. The lowest BCUT2D eigenvalue weighted by Gasteiger charge is -2.15. The Morgan fingerprint density at radius 3 is 2.85 bits per heavy atom. The van der Waals surface area contributed by atoms with E-state index in [1.807, 2.05) is 49.0 Å². The molecule has 4 rings (SSSR count). The third-order valence-electron chi connectivity index (χ3n) is 4.46. The van der Waals surface area contributed by atoms with Gasteiger partial charge in [-0.15, -0.1) is 0 Å². The molecule has 0 spiro atoms. The smallest absolute Gasteiger partial charge is 0.276 e. The van der Waals surface area contributed by atoms with Gasteiger partial charge in [0.25, 0.3) is 5.91 Å². The maximum Gasteiger partial charge on any atom is 0.276 e. The van der Waals surface area contributed by atoms with Crippen LogP contribution >= 0.6 is 0 Å². The first kappa shape index (κ1) is 17.0. The predicted octanol–water partition coefficient (Wildman–Crippen LogP) is 2.39. The van der Waals surface area contributed by atoms with Gasteiger partial charge in [-0.1, -0.05) is 17.3 Å². The van der Waals surface area contributed by atoms with Gasteiger partial charge in [0.1, 0.15) is 12.4 Å². The predicted molar refractivity (Wildman–Crippen MR) is 99.1 cm³/mol. The average molecular weight is 364 g/mol. The third kappa shape index (κ3) is 3.33. The lowest BCUT2D eigenvalue weighted by molar-refractivity contribution is 0.0770. The number of benzene rings is 1. The van der Waals surface area contributed by atoms with E-state index in [1.54, 1.807) is 28.9 Å². The Morgan fingerprint density at radius 2 is 2.11 bits per heavy atom. The quantitative estimate of drug-likeness (QED) is 0.543. The lowest BCUT2D eigenvalue weighted by atomic mass is 10.3. The summed E-state index contributed by atoms with van der Waals surface area (Å²) in [6, 6.07) is 9.55. The van der Waals surface area contributed by atoms with E-state index >= 15 is 0 Å². The number of carbonyl (C=O) groups excluding carboxylic acids is 1. The Hall–Kier alpha value is -3.42. The van der Waals surface area contributed by atoms with Crippen molar-refractivity contribution in [1.29, 1.82) is 0 Å². The van der Waals surface area contributed by atoms with E-state index in [0.29, 0.717) is 18.8 Å². The number of hydrogen-bond acceptors (Lipinski definition) is 5. The summed E-state index contributed by atoms with van der Waals surface area (Å²) in [5.41, 5.74) is 3.28. The maximum atomic E-state index is 12.7. The molecule has 0 aliphatic rings. The number of aromatic nitrogens is 5. The fraction of sp³-hybridized carbons (Fsp3) is 0.263. The molecule has 0 saturated carbocycles. The highest BCUT2D eigenvalue weighted by atomic mass is 16.5. The van der Waals surface area contributed by atoms with Gasteiger partial charge in [-0.05, 0) is 24.6 Å². The van der Waals surface area contributed by atoms with Crippen LogP contribution in [0.5, 0.6) is 0 Å². The van der Waals surface area contributed by atoms with Crippen LogP contribution in [0.4, 0.5) is 0 Å². The fourth-order valence-electron chi connectivity index (χ4n) is 3.02. The van der Waals surface area contributed by atoms with Crippen molar-refractivity contribution in [2.24, 2.45) is 7.05 Å². The Bertz CT molecular complexity index is 1110. The van der Waals surface area contributed by atoms with Crippen molar-refractivity contribution in [3.05, 3.63) is 65.6 Å². The van der Waals surface area contributed by atoms with E-state index in [2.05, 4.69) is 15.2 Å². The second kappa shape index (κ2) is 6.71. The highest BCUT2D eigenvalue weighted by Crippen LogP contribution is 2.16. The van der Waals surface area contributed by atoms with Crippen LogP contribution in [-0.2, 0) is 20.1 Å². The molecular weight excluding hydrogens is 344 g/mol. The molecule has 0 N–H and O–H groups in total.